The first-order valence-corrected chi connectivity index (χ1v) is 7.99. The van der Waals surface area contributed by atoms with Gasteiger partial charge in [0.05, 0.1) is 11.2 Å². The van der Waals surface area contributed by atoms with Gasteiger partial charge in [0.25, 0.3) is 5.91 Å². The van der Waals surface area contributed by atoms with Gasteiger partial charge in [0.15, 0.2) is 5.69 Å². The predicted molar refractivity (Wildman–Crippen MR) is 98.3 cm³/mol. The lowest BCUT2D eigenvalue weighted by Gasteiger charge is -2.33. The van der Waals surface area contributed by atoms with Crippen LogP contribution in [0, 0.1) is 5.92 Å². The summed E-state index contributed by atoms with van der Waals surface area (Å²) >= 11 is 3.43. The van der Waals surface area contributed by atoms with E-state index in [1.165, 1.54) is 0 Å². The van der Waals surface area contributed by atoms with Crippen LogP contribution in [-0.2, 0) is 0 Å². The summed E-state index contributed by atoms with van der Waals surface area (Å²) < 4.78 is 2.64. The first-order chi connectivity index (χ1) is 10.4. The average molecular weight is 402 g/mol. The fourth-order valence-electron chi connectivity index (χ4n) is 1.96. The Bertz CT molecular complexity index is 674. The molecule has 0 fully saturated rings. The van der Waals surface area contributed by atoms with Crippen molar-refractivity contribution in [3.8, 4) is 5.69 Å². The van der Waals surface area contributed by atoms with E-state index in [0.29, 0.717) is 12.2 Å². The highest BCUT2D eigenvalue weighted by Crippen LogP contribution is 2.17. The number of carbonyl (C=O) groups excluding carboxylic acids is 1. The zero-order chi connectivity index (χ0) is 16.3. The quantitative estimate of drug-likeness (QED) is 0.808. The Morgan fingerprint density at radius 2 is 2.13 bits per heavy atom. The van der Waals surface area contributed by atoms with Crippen molar-refractivity contribution >= 4 is 34.2 Å². The fraction of sp³-hybridized carbons (Fsp3) is 0.375. The van der Waals surface area contributed by atoms with E-state index in [9.17, 15) is 4.79 Å². The van der Waals surface area contributed by atoms with Crippen LogP contribution in [0.3, 0.4) is 0 Å². The van der Waals surface area contributed by atoms with Crippen molar-refractivity contribution in [2.24, 2.45) is 11.7 Å². The largest absolute Gasteiger partial charge is 0.344 e. The molecule has 0 aliphatic heterocycles. The number of aromatic nitrogens is 2. The number of hydrogen-bond acceptors (Lipinski definition) is 3. The lowest BCUT2D eigenvalue weighted by atomic mass is 9.88. The molecule has 7 heteroatoms. The number of hydrogen-bond donors (Lipinski definition) is 2. The molecule has 1 aromatic carbocycles. The van der Waals surface area contributed by atoms with Crippen LogP contribution in [-0.4, -0.2) is 27.8 Å². The maximum atomic E-state index is 12.4. The number of nitrogens with one attached hydrogen (secondary N) is 1. The molecular formula is C16H22BrClN4O. The van der Waals surface area contributed by atoms with Crippen molar-refractivity contribution in [1.29, 1.82) is 0 Å². The molecule has 3 N–H and O–H groups in total. The number of amides is 1. The summed E-state index contributed by atoms with van der Waals surface area (Å²) in [4.78, 5) is 12.4. The third-order valence-corrected chi connectivity index (χ3v) is 4.49. The summed E-state index contributed by atoms with van der Waals surface area (Å²) in [5.41, 5.74) is 6.62. The van der Waals surface area contributed by atoms with Gasteiger partial charge in [0.1, 0.15) is 0 Å². The Balaban J connectivity index is 0.00000264. The van der Waals surface area contributed by atoms with Crippen LogP contribution in [0.25, 0.3) is 5.69 Å². The first kappa shape index (κ1) is 19.7. The van der Waals surface area contributed by atoms with Crippen LogP contribution in [0.4, 0.5) is 0 Å². The standard InChI is InChI=1S/C16H21BrN4O.ClH/c1-11(2)16(3,10-18)19-15(22)14-7-8-21(20-14)13-6-4-5-12(17)9-13;/h4-9,11H,10,18H2,1-3H3,(H,19,22);1H. The van der Waals surface area contributed by atoms with E-state index >= 15 is 0 Å². The molecule has 0 bridgehead atoms. The van der Waals surface area contributed by atoms with Crippen molar-refractivity contribution in [1.82, 2.24) is 15.1 Å². The lowest BCUT2D eigenvalue weighted by Crippen LogP contribution is -2.55. The lowest BCUT2D eigenvalue weighted by molar-refractivity contribution is 0.0877. The maximum absolute atomic E-state index is 12.4. The molecule has 0 saturated heterocycles. The molecule has 1 amide bonds. The monoisotopic (exact) mass is 400 g/mol. The summed E-state index contributed by atoms with van der Waals surface area (Å²) in [6.45, 7) is 6.39. The van der Waals surface area contributed by atoms with E-state index in [1.807, 2.05) is 45.0 Å². The zero-order valence-corrected chi connectivity index (χ0v) is 15.8. The number of rotatable bonds is 5. The van der Waals surface area contributed by atoms with Gasteiger partial charge in [-0.1, -0.05) is 35.8 Å². The van der Waals surface area contributed by atoms with Crippen molar-refractivity contribution < 1.29 is 4.79 Å². The summed E-state index contributed by atoms with van der Waals surface area (Å²) in [6.07, 6.45) is 1.77. The maximum Gasteiger partial charge on any atom is 0.272 e. The van der Waals surface area contributed by atoms with Crippen LogP contribution >= 0.6 is 28.3 Å². The second kappa shape index (κ2) is 7.95. The molecule has 0 spiro atoms. The van der Waals surface area contributed by atoms with Crippen LogP contribution in [0.1, 0.15) is 31.3 Å². The minimum Gasteiger partial charge on any atom is -0.344 e. The Morgan fingerprint density at radius 1 is 1.43 bits per heavy atom. The number of benzene rings is 1. The van der Waals surface area contributed by atoms with Gasteiger partial charge in [-0.3, -0.25) is 4.79 Å². The molecule has 0 saturated carbocycles. The van der Waals surface area contributed by atoms with E-state index in [0.717, 1.165) is 10.2 Å². The Hall–Kier alpha value is -1.37. The Labute approximate surface area is 151 Å². The smallest absolute Gasteiger partial charge is 0.272 e. The van der Waals surface area contributed by atoms with E-state index in [2.05, 4.69) is 26.3 Å². The minimum absolute atomic E-state index is 0. The van der Waals surface area contributed by atoms with Gasteiger partial charge in [-0.05, 0) is 37.1 Å². The molecule has 5 nitrogen and oxygen atoms in total. The summed E-state index contributed by atoms with van der Waals surface area (Å²) in [5.74, 6) is 0.0176. The molecule has 0 aliphatic rings. The van der Waals surface area contributed by atoms with Crippen LogP contribution in [0.2, 0.25) is 0 Å². The number of nitrogens with zero attached hydrogens (tertiary/aromatic N) is 2. The Kier molecular flexibility index (Phi) is 6.80. The highest BCUT2D eigenvalue weighted by atomic mass is 79.9. The van der Waals surface area contributed by atoms with Gasteiger partial charge in [-0.25, -0.2) is 4.68 Å². The molecule has 2 aromatic rings. The molecule has 0 radical (unpaired) electrons. The molecule has 126 valence electrons. The summed E-state index contributed by atoms with van der Waals surface area (Å²) in [5, 5.41) is 7.33. The number of nitrogens with two attached hydrogens (primary N) is 1. The van der Waals surface area contributed by atoms with E-state index in [4.69, 9.17) is 5.73 Å². The molecule has 0 aliphatic carbocycles. The van der Waals surface area contributed by atoms with Crippen LogP contribution in [0.5, 0.6) is 0 Å². The first-order valence-electron chi connectivity index (χ1n) is 7.20. The second-order valence-electron chi connectivity index (χ2n) is 5.86. The van der Waals surface area contributed by atoms with Crippen molar-refractivity contribution in [2.75, 3.05) is 6.54 Å². The van der Waals surface area contributed by atoms with Gasteiger partial charge >= 0.3 is 0 Å². The fourth-order valence-corrected chi connectivity index (χ4v) is 2.35. The third kappa shape index (κ3) is 4.56. The molecule has 2 rings (SSSR count). The topological polar surface area (TPSA) is 72.9 Å². The van der Waals surface area contributed by atoms with Gasteiger partial charge in [-0.15, -0.1) is 12.4 Å². The molecular weight excluding hydrogens is 380 g/mol. The SMILES string of the molecule is CC(C)C(C)(CN)NC(=O)c1ccn(-c2cccc(Br)c2)n1.Cl. The van der Waals surface area contributed by atoms with Crippen molar-refractivity contribution in [3.05, 3.63) is 46.7 Å². The number of carbonyl (C=O) groups is 1. The van der Waals surface area contributed by atoms with Crippen LogP contribution in [0.15, 0.2) is 41.0 Å². The highest BCUT2D eigenvalue weighted by Gasteiger charge is 2.29. The molecule has 23 heavy (non-hydrogen) atoms. The highest BCUT2D eigenvalue weighted by molar-refractivity contribution is 9.10. The van der Waals surface area contributed by atoms with E-state index < -0.39 is 5.54 Å². The van der Waals surface area contributed by atoms with Crippen LogP contribution < -0.4 is 11.1 Å². The summed E-state index contributed by atoms with van der Waals surface area (Å²) in [7, 11) is 0. The summed E-state index contributed by atoms with van der Waals surface area (Å²) in [6, 6.07) is 9.43. The average Bonchev–Trinajstić information content (AvgIpc) is 2.97. The zero-order valence-electron chi connectivity index (χ0n) is 13.4. The predicted octanol–water partition coefficient (Wildman–Crippen LogP) is 3.16. The van der Waals surface area contributed by atoms with Crippen molar-refractivity contribution in [2.45, 2.75) is 26.3 Å². The van der Waals surface area contributed by atoms with Crippen molar-refractivity contribution in [3.63, 3.8) is 0 Å². The van der Waals surface area contributed by atoms with E-state index in [-0.39, 0.29) is 24.2 Å². The van der Waals surface area contributed by atoms with E-state index in [1.54, 1.807) is 16.9 Å². The molecule has 1 heterocycles. The third-order valence-electron chi connectivity index (χ3n) is 3.99. The second-order valence-corrected chi connectivity index (χ2v) is 6.77. The minimum atomic E-state index is -0.448. The molecule has 1 atom stereocenters. The molecule has 1 unspecified atom stereocenters. The van der Waals surface area contributed by atoms with Gasteiger partial charge in [-0.2, -0.15) is 5.10 Å². The normalized spacial score (nSPS) is 13.3. The van der Waals surface area contributed by atoms with Gasteiger partial charge in [0, 0.05) is 17.2 Å². The Morgan fingerprint density at radius 3 is 2.70 bits per heavy atom. The molecule has 1 aromatic heterocycles. The number of halogens is 2. The van der Waals surface area contributed by atoms with Gasteiger partial charge < -0.3 is 11.1 Å². The van der Waals surface area contributed by atoms with Gasteiger partial charge in [0.2, 0.25) is 0 Å².